The monoisotopic (exact) mass is 204 g/mol. The topological polar surface area (TPSA) is 37.3 Å². The second kappa shape index (κ2) is 6.82. The number of benzene rings is 1. The maximum atomic E-state index is 10.2. The van der Waals surface area contributed by atoms with Crippen LogP contribution >= 0.6 is 0 Å². The summed E-state index contributed by atoms with van der Waals surface area (Å²) in [7, 11) is 0. The predicted molar refractivity (Wildman–Crippen MR) is 60.8 cm³/mol. The van der Waals surface area contributed by atoms with Gasteiger partial charge < -0.3 is 5.11 Å². The molecule has 0 fully saturated rings. The van der Waals surface area contributed by atoms with Crippen LogP contribution in [0.15, 0.2) is 42.5 Å². The highest BCUT2D eigenvalue weighted by Gasteiger charge is 1.91. The average Bonchev–Trinajstić information content (AvgIpc) is 2.24. The zero-order valence-electron chi connectivity index (χ0n) is 8.73. The zero-order chi connectivity index (χ0) is 10.9. The Labute approximate surface area is 90.3 Å². The minimum atomic E-state index is -0.769. The number of carbonyl (C=O) groups is 1. The molecule has 80 valence electrons. The van der Waals surface area contributed by atoms with E-state index in [9.17, 15) is 4.79 Å². The van der Waals surface area contributed by atoms with Gasteiger partial charge in [0.15, 0.2) is 0 Å². The van der Waals surface area contributed by atoms with Gasteiger partial charge in [-0.05, 0) is 24.8 Å². The van der Waals surface area contributed by atoms with Crippen molar-refractivity contribution in [1.29, 1.82) is 0 Å². The Kier molecular flexibility index (Phi) is 5.23. The quantitative estimate of drug-likeness (QED) is 0.571. The fourth-order valence-corrected chi connectivity index (χ4v) is 1.37. The number of aryl methyl sites for hydroxylation is 1. The van der Waals surface area contributed by atoms with Crippen molar-refractivity contribution in [3.63, 3.8) is 0 Å². The third kappa shape index (κ3) is 5.68. The predicted octanol–water partition coefficient (Wildman–Crippen LogP) is 3.04. The summed E-state index contributed by atoms with van der Waals surface area (Å²) in [6, 6.07) is 10.3. The first-order valence-electron chi connectivity index (χ1n) is 5.20. The number of allylic oxidation sites excluding steroid dienone is 1. The second-order valence-electron chi connectivity index (χ2n) is 3.45. The van der Waals surface area contributed by atoms with Crippen molar-refractivity contribution in [3.05, 3.63) is 48.0 Å². The lowest BCUT2D eigenvalue weighted by Gasteiger charge is -1.97. The molecule has 1 N–H and O–H groups in total. The molecule has 0 aliphatic rings. The molecular formula is C13H16O2. The Bertz CT molecular complexity index is 315. The van der Waals surface area contributed by atoms with E-state index in [2.05, 4.69) is 12.1 Å². The summed E-state index contributed by atoms with van der Waals surface area (Å²) < 4.78 is 0. The summed E-state index contributed by atoms with van der Waals surface area (Å²) in [6.45, 7) is 0. The largest absolute Gasteiger partial charge is 0.481 e. The third-order valence-corrected chi connectivity index (χ3v) is 2.14. The zero-order valence-corrected chi connectivity index (χ0v) is 8.73. The lowest BCUT2D eigenvalue weighted by molar-refractivity contribution is -0.136. The first-order chi connectivity index (χ1) is 7.29. The molecular weight excluding hydrogens is 188 g/mol. The number of hydrogen-bond acceptors (Lipinski definition) is 1. The molecule has 0 atom stereocenters. The van der Waals surface area contributed by atoms with Gasteiger partial charge in [-0.25, -0.2) is 0 Å². The molecule has 0 aliphatic heterocycles. The van der Waals surface area contributed by atoms with Gasteiger partial charge in [0.05, 0.1) is 6.42 Å². The van der Waals surface area contributed by atoms with Crippen molar-refractivity contribution < 1.29 is 9.90 Å². The van der Waals surface area contributed by atoms with Gasteiger partial charge in [0, 0.05) is 0 Å². The van der Waals surface area contributed by atoms with E-state index in [4.69, 9.17) is 5.11 Å². The molecule has 15 heavy (non-hydrogen) atoms. The van der Waals surface area contributed by atoms with E-state index in [1.807, 2.05) is 24.3 Å². The molecule has 1 rings (SSSR count). The highest BCUT2D eigenvalue weighted by molar-refractivity contribution is 5.68. The Morgan fingerprint density at radius 2 is 1.93 bits per heavy atom. The number of unbranched alkanes of at least 4 members (excludes halogenated alkanes) is 1. The highest BCUT2D eigenvalue weighted by atomic mass is 16.4. The molecule has 0 saturated heterocycles. The minimum absolute atomic E-state index is 0.130. The lowest BCUT2D eigenvalue weighted by atomic mass is 10.1. The number of hydrogen-bond donors (Lipinski definition) is 1. The van der Waals surface area contributed by atoms with E-state index < -0.39 is 5.97 Å². The van der Waals surface area contributed by atoms with Gasteiger partial charge >= 0.3 is 5.97 Å². The second-order valence-corrected chi connectivity index (χ2v) is 3.45. The van der Waals surface area contributed by atoms with Gasteiger partial charge in [-0.3, -0.25) is 4.79 Å². The van der Waals surface area contributed by atoms with Gasteiger partial charge in [0.2, 0.25) is 0 Å². The van der Waals surface area contributed by atoms with Crippen LogP contribution in [-0.2, 0) is 11.2 Å². The molecule has 0 aliphatic carbocycles. The normalized spacial score (nSPS) is 10.7. The molecule has 1 aromatic rings. The first-order valence-corrected chi connectivity index (χ1v) is 5.20. The van der Waals surface area contributed by atoms with Crippen LogP contribution in [0, 0.1) is 0 Å². The third-order valence-electron chi connectivity index (χ3n) is 2.14. The van der Waals surface area contributed by atoms with Crippen molar-refractivity contribution in [2.45, 2.75) is 25.7 Å². The molecule has 0 amide bonds. The lowest BCUT2D eigenvalue weighted by Crippen LogP contribution is -1.89. The van der Waals surface area contributed by atoms with Crippen LogP contribution in [0.5, 0.6) is 0 Å². The van der Waals surface area contributed by atoms with Crippen molar-refractivity contribution >= 4 is 5.97 Å². The molecule has 0 bridgehead atoms. The summed E-state index contributed by atoms with van der Waals surface area (Å²) in [5, 5.41) is 8.40. The maximum Gasteiger partial charge on any atom is 0.307 e. The van der Waals surface area contributed by atoms with Crippen LogP contribution in [-0.4, -0.2) is 11.1 Å². The number of carboxylic acids is 1. The van der Waals surface area contributed by atoms with Crippen molar-refractivity contribution in [2.75, 3.05) is 0 Å². The molecule has 0 unspecified atom stereocenters. The van der Waals surface area contributed by atoms with Gasteiger partial charge in [-0.1, -0.05) is 42.5 Å². The summed E-state index contributed by atoms with van der Waals surface area (Å²) in [5.41, 5.74) is 1.34. The smallest absolute Gasteiger partial charge is 0.307 e. The van der Waals surface area contributed by atoms with Crippen LogP contribution in [0.3, 0.4) is 0 Å². The summed E-state index contributed by atoms with van der Waals surface area (Å²) in [6.07, 6.45) is 6.86. The van der Waals surface area contributed by atoms with Gasteiger partial charge in [0.25, 0.3) is 0 Å². The van der Waals surface area contributed by atoms with Crippen LogP contribution in [0.25, 0.3) is 0 Å². The van der Waals surface area contributed by atoms with Gasteiger partial charge in [-0.2, -0.15) is 0 Å². The average molecular weight is 204 g/mol. The molecule has 2 heteroatoms. The van der Waals surface area contributed by atoms with Gasteiger partial charge in [0.1, 0.15) is 0 Å². The van der Waals surface area contributed by atoms with Crippen LogP contribution in [0.2, 0.25) is 0 Å². The van der Waals surface area contributed by atoms with E-state index in [1.165, 1.54) is 5.56 Å². The fraction of sp³-hybridized carbons (Fsp3) is 0.308. The maximum absolute atomic E-state index is 10.2. The van der Waals surface area contributed by atoms with E-state index >= 15 is 0 Å². The first kappa shape index (κ1) is 11.5. The van der Waals surface area contributed by atoms with Crippen LogP contribution < -0.4 is 0 Å². The van der Waals surface area contributed by atoms with Crippen LogP contribution in [0.1, 0.15) is 24.8 Å². The molecule has 0 saturated carbocycles. The highest BCUT2D eigenvalue weighted by Crippen LogP contribution is 2.04. The number of aliphatic carboxylic acids is 1. The van der Waals surface area contributed by atoms with E-state index in [1.54, 1.807) is 6.08 Å². The molecule has 0 spiro atoms. The van der Waals surface area contributed by atoms with Crippen molar-refractivity contribution in [1.82, 2.24) is 0 Å². The molecule has 1 aromatic carbocycles. The summed E-state index contributed by atoms with van der Waals surface area (Å²) in [5.74, 6) is -0.769. The van der Waals surface area contributed by atoms with E-state index in [0.29, 0.717) is 0 Å². The summed E-state index contributed by atoms with van der Waals surface area (Å²) >= 11 is 0. The minimum Gasteiger partial charge on any atom is -0.481 e. The summed E-state index contributed by atoms with van der Waals surface area (Å²) in [4.78, 5) is 10.2. The van der Waals surface area contributed by atoms with E-state index in [-0.39, 0.29) is 6.42 Å². The fourth-order valence-electron chi connectivity index (χ4n) is 1.37. The molecule has 2 nitrogen and oxygen atoms in total. The standard InChI is InChI=1S/C13H16O2/c14-13(15)11-7-2-1-4-8-12-9-5-3-6-10-12/h2-3,5-7,9-10H,1,4,8,11H2,(H,14,15). The van der Waals surface area contributed by atoms with Crippen molar-refractivity contribution in [3.8, 4) is 0 Å². The Morgan fingerprint density at radius 1 is 1.20 bits per heavy atom. The SMILES string of the molecule is O=C(O)CC=CCCCc1ccccc1. The Hall–Kier alpha value is -1.57. The van der Waals surface area contributed by atoms with Crippen molar-refractivity contribution in [2.24, 2.45) is 0 Å². The number of carboxylic acid groups (broad SMARTS) is 1. The molecule has 0 heterocycles. The molecule has 0 radical (unpaired) electrons. The Balaban J connectivity index is 2.12. The van der Waals surface area contributed by atoms with Crippen LogP contribution in [0.4, 0.5) is 0 Å². The Morgan fingerprint density at radius 3 is 2.60 bits per heavy atom. The van der Waals surface area contributed by atoms with Gasteiger partial charge in [-0.15, -0.1) is 0 Å². The van der Waals surface area contributed by atoms with E-state index in [0.717, 1.165) is 19.3 Å². The molecule has 0 aromatic heterocycles. The number of rotatable bonds is 6.